The Hall–Kier alpha value is -0.530. The van der Waals surface area contributed by atoms with Crippen LogP contribution in [-0.4, -0.2) is 22.9 Å². The molecule has 0 saturated carbocycles. The van der Waals surface area contributed by atoms with Gasteiger partial charge in [-0.3, -0.25) is 4.79 Å². The lowest BCUT2D eigenvalue weighted by atomic mass is 9.75. The van der Waals surface area contributed by atoms with E-state index in [1.807, 2.05) is 25.7 Å². The summed E-state index contributed by atoms with van der Waals surface area (Å²) in [4.78, 5) is 13.4. The number of likely N-dealkylation sites (tertiary alicyclic amines) is 1. The van der Waals surface area contributed by atoms with Crippen molar-refractivity contribution in [3.63, 3.8) is 0 Å². The average molecular weight is 199 g/mol. The largest absolute Gasteiger partial charge is 0.337 e. The third-order valence-electron chi connectivity index (χ3n) is 3.19. The normalized spacial score (nSPS) is 23.3. The second kappa shape index (κ2) is 5.38. The molecule has 1 amide bonds. The molecule has 0 radical (unpaired) electrons. The van der Waals surface area contributed by atoms with Gasteiger partial charge in [-0.25, -0.2) is 0 Å². The van der Waals surface area contributed by atoms with Crippen molar-refractivity contribution in [1.29, 1.82) is 0 Å². The second-order valence-corrected chi connectivity index (χ2v) is 4.12. The van der Waals surface area contributed by atoms with Gasteiger partial charge < -0.3 is 4.90 Å². The van der Waals surface area contributed by atoms with Crippen LogP contribution in [0.3, 0.4) is 0 Å². The van der Waals surface area contributed by atoms with Gasteiger partial charge in [0, 0.05) is 18.5 Å². The Morgan fingerprint density at radius 3 is 2.14 bits per heavy atom. The Kier molecular flexibility index (Phi) is 5.17. The van der Waals surface area contributed by atoms with Crippen molar-refractivity contribution in [3.8, 4) is 0 Å². The molecule has 0 aromatic heterocycles. The number of nitrogens with zero attached hydrogens (tertiary/aromatic N) is 1. The first-order valence-electron chi connectivity index (χ1n) is 5.84. The standard InChI is InChI=1S/C10H19NO.C2H6/c1-5-8-7-11(9(12)6-2)10(8,3)4;1-2/h8H,5-7H2,1-4H3;1-2H3. The van der Waals surface area contributed by atoms with Gasteiger partial charge in [-0.2, -0.15) is 0 Å². The molecule has 0 bridgehead atoms. The molecule has 1 heterocycles. The predicted molar refractivity (Wildman–Crippen MR) is 61.2 cm³/mol. The maximum atomic E-state index is 11.4. The van der Waals surface area contributed by atoms with Crippen molar-refractivity contribution in [2.75, 3.05) is 6.54 Å². The maximum absolute atomic E-state index is 11.4. The lowest BCUT2D eigenvalue weighted by molar-refractivity contribution is -0.153. The summed E-state index contributed by atoms with van der Waals surface area (Å²) in [7, 11) is 0. The van der Waals surface area contributed by atoms with Crippen LogP contribution in [0.4, 0.5) is 0 Å². The van der Waals surface area contributed by atoms with Gasteiger partial charge in [-0.1, -0.05) is 27.7 Å². The van der Waals surface area contributed by atoms with E-state index in [1.165, 1.54) is 6.42 Å². The van der Waals surface area contributed by atoms with E-state index in [-0.39, 0.29) is 5.54 Å². The number of hydrogen-bond acceptors (Lipinski definition) is 1. The van der Waals surface area contributed by atoms with Crippen LogP contribution in [0.5, 0.6) is 0 Å². The summed E-state index contributed by atoms with van der Waals surface area (Å²) in [6.07, 6.45) is 1.82. The van der Waals surface area contributed by atoms with E-state index in [0.717, 1.165) is 6.54 Å². The van der Waals surface area contributed by atoms with Crippen LogP contribution < -0.4 is 0 Å². The van der Waals surface area contributed by atoms with Crippen LogP contribution in [0.25, 0.3) is 0 Å². The number of hydrogen-bond donors (Lipinski definition) is 0. The molecule has 1 rings (SSSR count). The SMILES string of the molecule is CC.CCC(=O)N1CC(CC)C1(C)C. The fourth-order valence-corrected chi connectivity index (χ4v) is 2.03. The van der Waals surface area contributed by atoms with E-state index in [1.54, 1.807) is 0 Å². The highest BCUT2D eigenvalue weighted by molar-refractivity contribution is 5.77. The highest BCUT2D eigenvalue weighted by Crippen LogP contribution is 2.38. The summed E-state index contributed by atoms with van der Waals surface area (Å²) in [5.41, 5.74) is 0.113. The molecule has 1 aliphatic rings. The zero-order valence-electron chi connectivity index (χ0n) is 10.6. The van der Waals surface area contributed by atoms with Gasteiger partial charge in [0.25, 0.3) is 0 Å². The molecule has 1 atom stereocenters. The molecule has 84 valence electrons. The van der Waals surface area contributed by atoms with E-state index in [9.17, 15) is 4.79 Å². The van der Waals surface area contributed by atoms with Gasteiger partial charge in [0.05, 0.1) is 0 Å². The maximum Gasteiger partial charge on any atom is 0.222 e. The monoisotopic (exact) mass is 199 g/mol. The van der Waals surface area contributed by atoms with Crippen molar-refractivity contribution in [1.82, 2.24) is 4.90 Å². The summed E-state index contributed by atoms with van der Waals surface area (Å²) in [5.74, 6) is 0.998. The first-order valence-corrected chi connectivity index (χ1v) is 5.84. The van der Waals surface area contributed by atoms with Crippen molar-refractivity contribution in [2.45, 2.75) is 59.9 Å². The zero-order chi connectivity index (χ0) is 11.4. The molecule has 1 unspecified atom stereocenters. The highest BCUT2D eigenvalue weighted by Gasteiger charge is 2.46. The third-order valence-corrected chi connectivity index (χ3v) is 3.19. The van der Waals surface area contributed by atoms with Crippen molar-refractivity contribution in [3.05, 3.63) is 0 Å². The average Bonchev–Trinajstić information content (AvgIpc) is 2.19. The number of rotatable bonds is 2. The van der Waals surface area contributed by atoms with Crippen LogP contribution in [0.2, 0.25) is 0 Å². The minimum absolute atomic E-state index is 0.113. The van der Waals surface area contributed by atoms with Gasteiger partial charge in [-0.05, 0) is 26.2 Å². The molecule has 2 nitrogen and oxygen atoms in total. The van der Waals surface area contributed by atoms with Crippen molar-refractivity contribution >= 4 is 5.91 Å². The molecule has 0 N–H and O–H groups in total. The Morgan fingerprint density at radius 2 is 1.86 bits per heavy atom. The van der Waals surface area contributed by atoms with E-state index < -0.39 is 0 Å². The van der Waals surface area contributed by atoms with Crippen LogP contribution in [0.15, 0.2) is 0 Å². The van der Waals surface area contributed by atoms with Gasteiger partial charge >= 0.3 is 0 Å². The molecule has 2 heteroatoms. The summed E-state index contributed by atoms with van der Waals surface area (Å²) in [6, 6.07) is 0. The number of amides is 1. The molecule has 1 aliphatic heterocycles. The quantitative estimate of drug-likeness (QED) is 0.669. The second-order valence-electron chi connectivity index (χ2n) is 4.12. The summed E-state index contributed by atoms with van der Waals surface area (Å²) in [5, 5.41) is 0. The van der Waals surface area contributed by atoms with E-state index in [4.69, 9.17) is 0 Å². The Bertz CT molecular complexity index is 187. The van der Waals surface area contributed by atoms with Gasteiger partial charge in [0.2, 0.25) is 5.91 Å². The molecular formula is C12H25NO. The molecule has 0 aliphatic carbocycles. The van der Waals surface area contributed by atoms with Crippen LogP contribution in [0, 0.1) is 5.92 Å². The number of carbonyl (C=O) groups is 1. The Labute approximate surface area is 88.7 Å². The highest BCUT2D eigenvalue weighted by atomic mass is 16.2. The third kappa shape index (κ3) is 2.28. The fraction of sp³-hybridized carbons (Fsp3) is 0.917. The molecule has 14 heavy (non-hydrogen) atoms. The van der Waals surface area contributed by atoms with Crippen LogP contribution in [-0.2, 0) is 4.79 Å². The molecule has 0 spiro atoms. The molecule has 1 fully saturated rings. The van der Waals surface area contributed by atoms with Gasteiger partial charge in [0.15, 0.2) is 0 Å². The fourth-order valence-electron chi connectivity index (χ4n) is 2.03. The zero-order valence-corrected chi connectivity index (χ0v) is 10.6. The minimum Gasteiger partial charge on any atom is -0.337 e. The summed E-state index contributed by atoms with van der Waals surface area (Å²) >= 11 is 0. The van der Waals surface area contributed by atoms with Crippen molar-refractivity contribution < 1.29 is 4.79 Å². The van der Waals surface area contributed by atoms with Crippen molar-refractivity contribution in [2.24, 2.45) is 5.92 Å². The predicted octanol–water partition coefficient (Wildman–Crippen LogP) is 3.07. The molecule has 0 aromatic carbocycles. The lowest BCUT2D eigenvalue weighted by Gasteiger charge is -2.55. The minimum atomic E-state index is 0.113. The van der Waals surface area contributed by atoms with Gasteiger partial charge in [-0.15, -0.1) is 0 Å². The van der Waals surface area contributed by atoms with E-state index in [0.29, 0.717) is 18.2 Å². The lowest BCUT2D eigenvalue weighted by Crippen LogP contribution is -2.65. The topological polar surface area (TPSA) is 20.3 Å². The van der Waals surface area contributed by atoms with E-state index >= 15 is 0 Å². The summed E-state index contributed by atoms with van der Waals surface area (Å²) in [6.45, 7) is 13.4. The first kappa shape index (κ1) is 13.5. The van der Waals surface area contributed by atoms with Crippen LogP contribution >= 0.6 is 0 Å². The Balaban J connectivity index is 0.000000791. The smallest absolute Gasteiger partial charge is 0.222 e. The van der Waals surface area contributed by atoms with Crippen LogP contribution in [0.1, 0.15) is 54.4 Å². The molecule has 0 aromatic rings. The van der Waals surface area contributed by atoms with Gasteiger partial charge in [0.1, 0.15) is 0 Å². The number of carbonyl (C=O) groups excluding carboxylic acids is 1. The molecule has 1 saturated heterocycles. The summed E-state index contributed by atoms with van der Waals surface area (Å²) < 4.78 is 0. The first-order chi connectivity index (χ1) is 6.54. The Morgan fingerprint density at radius 1 is 1.36 bits per heavy atom. The van der Waals surface area contributed by atoms with E-state index in [2.05, 4.69) is 20.8 Å². The molecular weight excluding hydrogens is 174 g/mol.